The Bertz CT molecular complexity index is 384. The Morgan fingerprint density at radius 2 is 2.12 bits per heavy atom. The number of rotatable bonds is 2. The lowest BCUT2D eigenvalue weighted by Crippen LogP contribution is -2.30. The molecule has 2 rings (SSSR count). The van der Waals surface area contributed by atoms with E-state index in [2.05, 4.69) is 15.0 Å². The second kappa shape index (κ2) is 4.96. The largest absolute Gasteiger partial charge is 0.411 e. The fourth-order valence-corrected chi connectivity index (χ4v) is 2.16. The molecule has 0 aliphatic carbocycles. The number of hydrogen-bond acceptors (Lipinski definition) is 4. The topological polar surface area (TPSA) is 48.7 Å². The number of pyridine rings is 1. The molecular formula is C12H17N3O. The summed E-state index contributed by atoms with van der Waals surface area (Å²) in [5.41, 5.74) is 1.97. The molecule has 86 valence electrons. The van der Waals surface area contributed by atoms with Gasteiger partial charge in [-0.15, -0.1) is 0 Å². The van der Waals surface area contributed by atoms with Crippen molar-refractivity contribution in [2.75, 3.05) is 18.0 Å². The van der Waals surface area contributed by atoms with Crippen LogP contribution in [-0.4, -0.2) is 29.5 Å². The molecule has 16 heavy (non-hydrogen) atoms. The van der Waals surface area contributed by atoms with E-state index in [1.165, 1.54) is 25.5 Å². The van der Waals surface area contributed by atoms with Gasteiger partial charge in [-0.25, -0.2) is 4.98 Å². The highest BCUT2D eigenvalue weighted by Gasteiger charge is 2.13. The predicted molar refractivity (Wildman–Crippen MR) is 64.4 cm³/mol. The number of aromatic nitrogens is 1. The maximum atomic E-state index is 8.46. The van der Waals surface area contributed by atoms with Crippen LogP contribution in [0.1, 0.15) is 30.4 Å². The van der Waals surface area contributed by atoms with Gasteiger partial charge in [0.25, 0.3) is 0 Å². The molecule has 1 aromatic heterocycles. The molecule has 0 bridgehead atoms. The summed E-state index contributed by atoms with van der Waals surface area (Å²) in [5, 5.41) is 11.5. The van der Waals surface area contributed by atoms with Gasteiger partial charge in [0.1, 0.15) is 5.82 Å². The SMILES string of the molecule is Cc1cc(/C=N/O)cnc1N1CCCCC1. The second-order valence-corrected chi connectivity index (χ2v) is 4.20. The van der Waals surface area contributed by atoms with Gasteiger partial charge in [0.2, 0.25) is 0 Å². The van der Waals surface area contributed by atoms with Crippen LogP contribution in [0.15, 0.2) is 17.4 Å². The molecule has 0 amide bonds. The van der Waals surface area contributed by atoms with Crippen molar-refractivity contribution in [3.05, 3.63) is 23.4 Å². The van der Waals surface area contributed by atoms with Gasteiger partial charge in [0.05, 0.1) is 6.21 Å². The van der Waals surface area contributed by atoms with Crippen LogP contribution in [0.3, 0.4) is 0 Å². The molecule has 1 aromatic rings. The van der Waals surface area contributed by atoms with Crippen LogP contribution < -0.4 is 4.90 Å². The van der Waals surface area contributed by atoms with Gasteiger partial charge >= 0.3 is 0 Å². The number of aryl methyl sites for hydroxylation is 1. The average Bonchev–Trinajstić information content (AvgIpc) is 2.31. The second-order valence-electron chi connectivity index (χ2n) is 4.20. The quantitative estimate of drug-likeness (QED) is 0.471. The molecule has 0 unspecified atom stereocenters. The molecule has 4 nitrogen and oxygen atoms in total. The summed E-state index contributed by atoms with van der Waals surface area (Å²) in [6.07, 6.45) is 6.98. The molecule has 0 spiro atoms. The van der Waals surface area contributed by atoms with Gasteiger partial charge < -0.3 is 10.1 Å². The summed E-state index contributed by atoms with van der Waals surface area (Å²) in [6, 6.07) is 2.00. The first kappa shape index (κ1) is 10.9. The van der Waals surface area contributed by atoms with Crippen LogP contribution in [0.5, 0.6) is 0 Å². The Hall–Kier alpha value is -1.58. The van der Waals surface area contributed by atoms with Gasteiger partial charge in [0, 0.05) is 24.8 Å². The Morgan fingerprint density at radius 3 is 2.75 bits per heavy atom. The molecule has 0 radical (unpaired) electrons. The highest BCUT2D eigenvalue weighted by atomic mass is 16.4. The number of anilines is 1. The molecule has 1 saturated heterocycles. The lowest BCUT2D eigenvalue weighted by Gasteiger charge is -2.28. The molecule has 1 N–H and O–H groups in total. The first-order valence-corrected chi connectivity index (χ1v) is 5.70. The van der Waals surface area contributed by atoms with Crippen molar-refractivity contribution in [1.82, 2.24) is 4.98 Å². The number of oxime groups is 1. The van der Waals surface area contributed by atoms with E-state index in [-0.39, 0.29) is 0 Å². The monoisotopic (exact) mass is 219 g/mol. The van der Waals surface area contributed by atoms with Crippen molar-refractivity contribution in [1.29, 1.82) is 0 Å². The highest BCUT2D eigenvalue weighted by molar-refractivity contribution is 5.79. The van der Waals surface area contributed by atoms with Gasteiger partial charge in [0.15, 0.2) is 0 Å². The lowest BCUT2D eigenvalue weighted by atomic mass is 10.1. The van der Waals surface area contributed by atoms with Crippen LogP contribution in [0, 0.1) is 6.92 Å². The third kappa shape index (κ3) is 2.32. The number of hydrogen-bond donors (Lipinski definition) is 1. The van der Waals surface area contributed by atoms with Crippen molar-refractivity contribution in [2.45, 2.75) is 26.2 Å². The van der Waals surface area contributed by atoms with Gasteiger partial charge in [-0.05, 0) is 37.8 Å². The van der Waals surface area contributed by atoms with E-state index in [1.807, 2.05) is 13.0 Å². The van der Waals surface area contributed by atoms with E-state index < -0.39 is 0 Å². The molecular weight excluding hydrogens is 202 g/mol. The Kier molecular flexibility index (Phi) is 3.39. The minimum atomic E-state index is 0.834. The van der Waals surface area contributed by atoms with Crippen LogP contribution in [0.25, 0.3) is 0 Å². The fourth-order valence-electron chi connectivity index (χ4n) is 2.16. The third-order valence-corrected chi connectivity index (χ3v) is 2.93. The zero-order chi connectivity index (χ0) is 11.4. The summed E-state index contributed by atoms with van der Waals surface area (Å²) < 4.78 is 0. The first-order chi connectivity index (χ1) is 7.81. The fraction of sp³-hybridized carbons (Fsp3) is 0.500. The van der Waals surface area contributed by atoms with Crippen LogP contribution >= 0.6 is 0 Å². The zero-order valence-electron chi connectivity index (χ0n) is 9.56. The van der Waals surface area contributed by atoms with Crippen molar-refractivity contribution in [3.63, 3.8) is 0 Å². The van der Waals surface area contributed by atoms with Gasteiger partial charge in [-0.1, -0.05) is 5.16 Å². The number of piperidine rings is 1. The molecule has 4 heteroatoms. The highest BCUT2D eigenvalue weighted by Crippen LogP contribution is 2.21. The van der Waals surface area contributed by atoms with Crippen LogP contribution in [-0.2, 0) is 0 Å². The number of nitrogens with zero attached hydrogens (tertiary/aromatic N) is 3. The van der Waals surface area contributed by atoms with Crippen LogP contribution in [0.4, 0.5) is 5.82 Å². The Balaban J connectivity index is 2.21. The normalized spacial score (nSPS) is 16.9. The summed E-state index contributed by atoms with van der Waals surface area (Å²) in [5.74, 6) is 1.06. The summed E-state index contributed by atoms with van der Waals surface area (Å²) in [4.78, 5) is 6.78. The van der Waals surface area contributed by atoms with Crippen molar-refractivity contribution in [3.8, 4) is 0 Å². The van der Waals surface area contributed by atoms with Crippen molar-refractivity contribution in [2.24, 2.45) is 5.16 Å². The summed E-state index contributed by atoms with van der Waals surface area (Å²) >= 11 is 0. The zero-order valence-corrected chi connectivity index (χ0v) is 9.56. The molecule has 1 fully saturated rings. The van der Waals surface area contributed by atoms with E-state index in [9.17, 15) is 0 Å². The van der Waals surface area contributed by atoms with Crippen molar-refractivity contribution < 1.29 is 5.21 Å². The smallest absolute Gasteiger partial charge is 0.131 e. The summed E-state index contributed by atoms with van der Waals surface area (Å²) in [6.45, 7) is 4.24. The Morgan fingerprint density at radius 1 is 1.38 bits per heavy atom. The third-order valence-electron chi connectivity index (χ3n) is 2.93. The van der Waals surface area contributed by atoms with Gasteiger partial charge in [-0.3, -0.25) is 0 Å². The first-order valence-electron chi connectivity index (χ1n) is 5.70. The van der Waals surface area contributed by atoms with E-state index in [1.54, 1.807) is 6.20 Å². The minimum absolute atomic E-state index is 0.834. The predicted octanol–water partition coefficient (Wildman–Crippen LogP) is 2.19. The van der Waals surface area contributed by atoms with Gasteiger partial charge in [-0.2, -0.15) is 0 Å². The van der Waals surface area contributed by atoms with E-state index >= 15 is 0 Å². The lowest BCUT2D eigenvalue weighted by molar-refractivity contribution is 0.322. The minimum Gasteiger partial charge on any atom is -0.411 e. The van der Waals surface area contributed by atoms with E-state index in [4.69, 9.17) is 5.21 Å². The van der Waals surface area contributed by atoms with E-state index in [0.717, 1.165) is 30.0 Å². The molecule has 1 aliphatic rings. The molecule has 0 saturated carbocycles. The van der Waals surface area contributed by atoms with E-state index in [0.29, 0.717) is 0 Å². The van der Waals surface area contributed by atoms with Crippen molar-refractivity contribution >= 4 is 12.0 Å². The molecule has 0 atom stereocenters. The Labute approximate surface area is 95.6 Å². The molecule has 2 heterocycles. The molecule has 1 aliphatic heterocycles. The maximum Gasteiger partial charge on any atom is 0.131 e. The standard InChI is InChI=1S/C12H17N3O/c1-10-7-11(9-14-16)8-13-12(10)15-5-3-2-4-6-15/h7-9,16H,2-6H2,1H3/b14-9+. The average molecular weight is 219 g/mol. The maximum absolute atomic E-state index is 8.46. The van der Waals surface area contributed by atoms with Crippen LogP contribution in [0.2, 0.25) is 0 Å². The molecule has 0 aromatic carbocycles. The summed E-state index contributed by atoms with van der Waals surface area (Å²) in [7, 11) is 0.